The van der Waals surface area contributed by atoms with Gasteiger partial charge in [-0.25, -0.2) is 4.79 Å². The maximum atomic E-state index is 11.8. The second-order valence-electron chi connectivity index (χ2n) is 3.59. The molecule has 0 aromatic rings. The Labute approximate surface area is 103 Å². The lowest BCUT2D eigenvalue weighted by Crippen LogP contribution is -2.52. The lowest BCUT2D eigenvalue weighted by molar-refractivity contribution is -0.129. The van der Waals surface area contributed by atoms with Crippen molar-refractivity contribution in [3.8, 4) is 0 Å². The summed E-state index contributed by atoms with van der Waals surface area (Å²) in [5, 5.41) is 2.45. The van der Waals surface area contributed by atoms with E-state index in [0.717, 1.165) is 0 Å². The summed E-state index contributed by atoms with van der Waals surface area (Å²) in [6, 6.07) is -1.37. The molecule has 96 valence electrons. The molecule has 2 atom stereocenters. The van der Waals surface area contributed by atoms with Crippen LogP contribution >= 0.6 is 11.8 Å². The largest absolute Gasteiger partial charge is 0.453 e. The van der Waals surface area contributed by atoms with E-state index in [1.54, 1.807) is 0 Å². The zero-order valence-corrected chi connectivity index (χ0v) is 10.5. The highest BCUT2D eigenvalue weighted by Crippen LogP contribution is 2.21. The van der Waals surface area contributed by atoms with Crippen molar-refractivity contribution in [2.45, 2.75) is 19.0 Å². The third-order valence-corrected chi connectivity index (χ3v) is 3.39. The third kappa shape index (κ3) is 3.26. The van der Waals surface area contributed by atoms with Crippen molar-refractivity contribution in [3.05, 3.63) is 0 Å². The number of thioether (sulfide) groups is 1. The number of hydrogen-bond acceptors (Lipinski definition) is 5. The quantitative estimate of drug-likeness (QED) is 0.686. The molecule has 0 bridgehead atoms. The van der Waals surface area contributed by atoms with Crippen molar-refractivity contribution in [2.24, 2.45) is 5.73 Å². The summed E-state index contributed by atoms with van der Waals surface area (Å²) in [6.07, 6.45) is -0.554. The van der Waals surface area contributed by atoms with Crippen LogP contribution in [-0.2, 0) is 14.3 Å². The smallest absolute Gasteiger partial charge is 0.410 e. The average Bonchev–Trinajstić information content (AvgIpc) is 2.76. The second kappa shape index (κ2) is 5.76. The molecule has 7 nitrogen and oxygen atoms in total. The van der Waals surface area contributed by atoms with E-state index in [9.17, 15) is 14.4 Å². The summed E-state index contributed by atoms with van der Waals surface area (Å²) in [5.41, 5.74) is 5.04. The summed E-state index contributed by atoms with van der Waals surface area (Å²) in [7, 11) is 1.26. The molecule has 0 spiro atoms. The van der Waals surface area contributed by atoms with Crippen molar-refractivity contribution in [2.75, 3.05) is 18.7 Å². The number of carbonyl (C=O) groups is 3. The van der Waals surface area contributed by atoms with Crippen LogP contribution < -0.4 is 11.1 Å². The van der Waals surface area contributed by atoms with Gasteiger partial charge < -0.3 is 15.8 Å². The molecule has 1 heterocycles. The first-order valence-electron chi connectivity index (χ1n) is 4.99. The topological polar surface area (TPSA) is 102 Å². The van der Waals surface area contributed by atoms with Crippen molar-refractivity contribution in [1.29, 1.82) is 0 Å². The molecule has 1 saturated heterocycles. The van der Waals surface area contributed by atoms with E-state index in [1.165, 1.54) is 30.7 Å². The first-order valence-corrected chi connectivity index (χ1v) is 6.15. The zero-order valence-electron chi connectivity index (χ0n) is 9.63. The zero-order chi connectivity index (χ0) is 13.0. The lowest BCUT2D eigenvalue weighted by Gasteiger charge is -2.22. The second-order valence-corrected chi connectivity index (χ2v) is 4.59. The van der Waals surface area contributed by atoms with Gasteiger partial charge in [0.2, 0.25) is 11.8 Å². The number of nitrogens with two attached hydrogens (primary N) is 1. The predicted octanol–water partition coefficient (Wildman–Crippen LogP) is -0.882. The molecule has 0 aliphatic carbocycles. The minimum absolute atomic E-state index is 0.397. The van der Waals surface area contributed by atoms with Crippen molar-refractivity contribution in [1.82, 2.24) is 10.2 Å². The molecular weight excluding hydrogens is 246 g/mol. The van der Waals surface area contributed by atoms with Gasteiger partial charge in [-0.1, -0.05) is 0 Å². The molecule has 17 heavy (non-hydrogen) atoms. The molecule has 0 aromatic carbocycles. The summed E-state index contributed by atoms with van der Waals surface area (Å²) >= 11 is 1.45. The Kier molecular flexibility index (Phi) is 4.62. The van der Waals surface area contributed by atoms with Crippen LogP contribution in [0.15, 0.2) is 0 Å². The molecule has 1 fully saturated rings. The van der Waals surface area contributed by atoms with E-state index in [4.69, 9.17) is 5.73 Å². The first-order chi connectivity index (χ1) is 7.97. The predicted molar refractivity (Wildman–Crippen MR) is 62.2 cm³/mol. The SMILES string of the molecule is COC(=O)N1CSC[C@H]1C(=O)NC(C)C(N)=O. The minimum Gasteiger partial charge on any atom is -0.453 e. The van der Waals surface area contributed by atoms with Gasteiger partial charge >= 0.3 is 6.09 Å². The number of amides is 3. The van der Waals surface area contributed by atoms with E-state index in [2.05, 4.69) is 10.1 Å². The Bertz CT molecular complexity index is 336. The summed E-state index contributed by atoms with van der Waals surface area (Å²) in [6.45, 7) is 1.49. The Balaban J connectivity index is 2.62. The number of primary amides is 1. The fraction of sp³-hybridized carbons (Fsp3) is 0.667. The highest BCUT2D eigenvalue weighted by atomic mass is 32.2. The fourth-order valence-electron chi connectivity index (χ4n) is 1.34. The van der Waals surface area contributed by atoms with E-state index >= 15 is 0 Å². The molecule has 8 heteroatoms. The van der Waals surface area contributed by atoms with Gasteiger partial charge in [0.15, 0.2) is 0 Å². The molecule has 1 rings (SSSR count). The highest BCUT2D eigenvalue weighted by Gasteiger charge is 2.36. The van der Waals surface area contributed by atoms with Crippen LogP contribution in [0, 0.1) is 0 Å². The molecule has 0 aromatic heterocycles. The van der Waals surface area contributed by atoms with Crippen LogP contribution in [0.1, 0.15) is 6.92 Å². The Morgan fingerprint density at radius 2 is 2.18 bits per heavy atom. The van der Waals surface area contributed by atoms with Crippen LogP contribution in [0.4, 0.5) is 4.79 Å². The van der Waals surface area contributed by atoms with Gasteiger partial charge in [0, 0.05) is 5.75 Å². The third-order valence-electron chi connectivity index (χ3n) is 2.38. The van der Waals surface area contributed by atoms with E-state index < -0.39 is 30.0 Å². The molecular formula is C9H15N3O4S. The molecule has 0 radical (unpaired) electrons. The number of ether oxygens (including phenoxy) is 1. The maximum absolute atomic E-state index is 11.8. The number of nitrogens with one attached hydrogen (secondary N) is 1. The Morgan fingerprint density at radius 3 is 2.71 bits per heavy atom. The standard InChI is InChI=1S/C9H15N3O4S/c1-5(7(10)13)11-8(14)6-3-17-4-12(6)9(15)16-2/h5-6H,3-4H2,1-2H3,(H2,10,13)(H,11,14)/t5?,6-/m0/s1. The molecule has 3 amide bonds. The van der Waals surface area contributed by atoms with Crippen molar-refractivity contribution < 1.29 is 19.1 Å². The fourth-order valence-corrected chi connectivity index (χ4v) is 2.48. The number of methoxy groups -OCH3 is 1. The molecule has 1 aliphatic rings. The maximum Gasteiger partial charge on any atom is 0.410 e. The van der Waals surface area contributed by atoms with E-state index in [0.29, 0.717) is 11.6 Å². The number of hydrogen-bond donors (Lipinski definition) is 2. The lowest BCUT2D eigenvalue weighted by atomic mass is 10.2. The number of carbonyl (C=O) groups excluding carboxylic acids is 3. The molecule has 1 unspecified atom stereocenters. The van der Waals surface area contributed by atoms with Crippen molar-refractivity contribution >= 4 is 29.7 Å². The van der Waals surface area contributed by atoms with Crippen molar-refractivity contribution in [3.63, 3.8) is 0 Å². The highest BCUT2D eigenvalue weighted by molar-refractivity contribution is 7.99. The summed E-state index contributed by atoms with van der Waals surface area (Å²) < 4.78 is 4.57. The number of nitrogens with zero attached hydrogens (tertiary/aromatic N) is 1. The van der Waals surface area contributed by atoms with Gasteiger partial charge in [-0.2, -0.15) is 0 Å². The monoisotopic (exact) mass is 261 g/mol. The Hall–Kier alpha value is -1.44. The van der Waals surface area contributed by atoms with Gasteiger partial charge in [0.25, 0.3) is 0 Å². The van der Waals surface area contributed by atoms with Gasteiger partial charge in [-0.05, 0) is 6.92 Å². The van der Waals surface area contributed by atoms with Gasteiger partial charge in [0.05, 0.1) is 13.0 Å². The van der Waals surface area contributed by atoms with Crippen LogP contribution in [0.25, 0.3) is 0 Å². The summed E-state index contributed by atoms with van der Waals surface area (Å²) in [5.74, 6) is -0.136. The average molecular weight is 261 g/mol. The Morgan fingerprint density at radius 1 is 1.53 bits per heavy atom. The molecule has 0 saturated carbocycles. The molecule has 3 N–H and O–H groups in total. The van der Waals surface area contributed by atoms with Crippen LogP contribution in [-0.4, -0.2) is 53.6 Å². The molecule has 1 aliphatic heterocycles. The first kappa shape index (κ1) is 13.6. The van der Waals surface area contributed by atoms with Crippen LogP contribution in [0.2, 0.25) is 0 Å². The van der Waals surface area contributed by atoms with Crippen LogP contribution in [0.5, 0.6) is 0 Å². The van der Waals surface area contributed by atoms with Gasteiger partial charge in [0.1, 0.15) is 12.1 Å². The minimum atomic E-state index is -0.757. The summed E-state index contributed by atoms with van der Waals surface area (Å²) in [4.78, 5) is 35.3. The number of rotatable bonds is 3. The van der Waals surface area contributed by atoms with E-state index in [1.807, 2.05) is 0 Å². The van der Waals surface area contributed by atoms with Gasteiger partial charge in [-0.15, -0.1) is 11.8 Å². The van der Waals surface area contributed by atoms with Gasteiger partial charge in [-0.3, -0.25) is 14.5 Å². The van der Waals surface area contributed by atoms with E-state index in [-0.39, 0.29) is 0 Å². The van der Waals surface area contributed by atoms with Crippen LogP contribution in [0.3, 0.4) is 0 Å². The normalized spacial score (nSPS) is 20.8.